The van der Waals surface area contributed by atoms with Crippen molar-refractivity contribution in [3.8, 4) is 5.75 Å². The minimum Gasteiger partial charge on any atom is -0.489 e. The van der Waals surface area contributed by atoms with Crippen LogP contribution in [0.5, 0.6) is 5.75 Å². The molecule has 0 radical (unpaired) electrons. The van der Waals surface area contributed by atoms with Crippen LogP contribution in [-0.2, 0) is 0 Å². The summed E-state index contributed by atoms with van der Waals surface area (Å²) < 4.78 is 30.8. The van der Waals surface area contributed by atoms with Crippen LogP contribution in [-0.4, -0.2) is 19.2 Å². The minimum atomic E-state index is -0.909. The fraction of sp³-hybridized carbons (Fsp3) is 0.385. The molecule has 2 nitrogen and oxygen atoms in total. The highest BCUT2D eigenvalue weighted by molar-refractivity contribution is 5.24. The SMILES string of the molecule is C=C(CNC(C)C)COc1ccc(F)c(F)c1. The molecule has 1 N–H and O–H groups in total. The number of hydrogen-bond donors (Lipinski definition) is 1. The highest BCUT2D eigenvalue weighted by Gasteiger charge is 2.04. The Balaban J connectivity index is 2.39. The Hall–Kier alpha value is -1.42. The van der Waals surface area contributed by atoms with E-state index in [0.717, 1.165) is 17.7 Å². The van der Waals surface area contributed by atoms with E-state index >= 15 is 0 Å². The highest BCUT2D eigenvalue weighted by atomic mass is 19.2. The van der Waals surface area contributed by atoms with Gasteiger partial charge in [-0.05, 0) is 17.7 Å². The zero-order valence-electron chi connectivity index (χ0n) is 10.1. The summed E-state index contributed by atoms with van der Waals surface area (Å²) in [6.45, 7) is 8.81. The monoisotopic (exact) mass is 241 g/mol. The van der Waals surface area contributed by atoms with E-state index < -0.39 is 11.6 Å². The van der Waals surface area contributed by atoms with E-state index in [1.807, 2.05) is 13.8 Å². The summed E-state index contributed by atoms with van der Waals surface area (Å²) in [6.07, 6.45) is 0. The Bertz CT molecular complexity index is 391. The summed E-state index contributed by atoms with van der Waals surface area (Å²) >= 11 is 0. The van der Waals surface area contributed by atoms with Crippen molar-refractivity contribution in [2.24, 2.45) is 0 Å². The van der Waals surface area contributed by atoms with Crippen LogP contribution in [0.1, 0.15) is 13.8 Å². The molecule has 1 aromatic carbocycles. The first-order valence-corrected chi connectivity index (χ1v) is 5.47. The zero-order chi connectivity index (χ0) is 12.8. The summed E-state index contributed by atoms with van der Waals surface area (Å²) in [4.78, 5) is 0. The van der Waals surface area contributed by atoms with Gasteiger partial charge in [0.1, 0.15) is 12.4 Å². The molecular weight excluding hydrogens is 224 g/mol. The Morgan fingerprint density at radius 2 is 2.06 bits per heavy atom. The van der Waals surface area contributed by atoms with Crippen LogP contribution < -0.4 is 10.1 Å². The van der Waals surface area contributed by atoms with Crippen molar-refractivity contribution in [1.82, 2.24) is 5.32 Å². The Morgan fingerprint density at radius 3 is 2.65 bits per heavy atom. The number of benzene rings is 1. The quantitative estimate of drug-likeness (QED) is 0.773. The Morgan fingerprint density at radius 1 is 1.35 bits per heavy atom. The fourth-order valence-electron chi connectivity index (χ4n) is 1.15. The van der Waals surface area contributed by atoms with Crippen LogP contribution in [0.25, 0.3) is 0 Å². The van der Waals surface area contributed by atoms with Gasteiger partial charge in [0.25, 0.3) is 0 Å². The van der Waals surface area contributed by atoms with Gasteiger partial charge in [-0.15, -0.1) is 0 Å². The van der Waals surface area contributed by atoms with Crippen molar-refractivity contribution in [2.75, 3.05) is 13.2 Å². The maximum atomic E-state index is 12.9. The molecule has 17 heavy (non-hydrogen) atoms. The van der Waals surface area contributed by atoms with Crippen molar-refractivity contribution < 1.29 is 13.5 Å². The normalized spacial score (nSPS) is 10.6. The molecule has 0 amide bonds. The number of nitrogens with one attached hydrogen (secondary N) is 1. The number of rotatable bonds is 6. The maximum absolute atomic E-state index is 12.9. The molecule has 1 rings (SSSR count). The molecule has 0 saturated carbocycles. The predicted molar refractivity (Wildman–Crippen MR) is 64.1 cm³/mol. The van der Waals surface area contributed by atoms with Gasteiger partial charge in [0.15, 0.2) is 11.6 Å². The summed E-state index contributed by atoms with van der Waals surface area (Å²) in [5.41, 5.74) is 0.850. The Labute approximate surface area is 100 Å². The average Bonchev–Trinajstić information content (AvgIpc) is 2.28. The van der Waals surface area contributed by atoms with Crippen LogP contribution in [0, 0.1) is 11.6 Å². The molecule has 94 valence electrons. The Kier molecular flexibility index (Phi) is 5.10. The van der Waals surface area contributed by atoms with E-state index in [9.17, 15) is 8.78 Å². The van der Waals surface area contributed by atoms with Gasteiger partial charge >= 0.3 is 0 Å². The van der Waals surface area contributed by atoms with Crippen molar-refractivity contribution in [1.29, 1.82) is 0 Å². The smallest absolute Gasteiger partial charge is 0.162 e. The molecule has 0 unspecified atom stereocenters. The van der Waals surface area contributed by atoms with Gasteiger partial charge in [0, 0.05) is 18.7 Å². The fourth-order valence-corrected chi connectivity index (χ4v) is 1.15. The van der Waals surface area contributed by atoms with E-state index in [1.165, 1.54) is 6.07 Å². The molecule has 0 aliphatic rings. The van der Waals surface area contributed by atoms with Crippen molar-refractivity contribution in [3.05, 3.63) is 42.0 Å². The van der Waals surface area contributed by atoms with Crippen LogP contribution in [0.2, 0.25) is 0 Å². The zero-order valence-corrected chi connectivity index (χ0v) is 10.1. The summed E-state index contributed by atoms with van der Waals surface area (Å²) in [7, 11) is 0. The number of ether oxygens (including phenoxy) is 1. The summed E-state index contributed by atoms with van der Waals surface area (Å²) in [5.74, 6) is -1.49. The first-order chi connectivity index (χ1) is 7.99. The van der Waals surface area contributed by atoms with Crippen molar-refractivity contribution in [3.63, 3.8) is 0 Å². The van der Waals surface area contributed by atoms with E-state index in [4.69, 9.17) is 4.74 Å². The lowest BCUT2D eigenvalue weighted by Crippen LogP contribution is -2.26. The first kappa shape index (κ1) is 13.6. The third-order valence-electron chi connectivity index (χ3n) is 2.09. The van der Waals surface area contributed by atoms with E-state index in [0.29, 0.717) is 18.3 Å². The summed E-state index contributed by atoms with van der Waals surface area (Å²) in [5, 5.41) is 3.19. The third kappa shape index (κ3) is 4.95. The number of halogens is 2. The first-order valence-electron chi connectivity index (χ1n) is 5.47. The van der Waals surface area contributed by atoms with Gasteiger partial charge in [-0.3, -0.25) is 0 Å². The van der Waals surface area contributed by atoms with Crippen LogP contribution in [0.3, 0.4) is 0 Å². The molecule has 0 atom stereocenters. The van der Waals surface area contributed by atoms with Gasteiger partial charge < -0.3 is 10.1 Å². The van der Waals surface area contributed by atoms with Crippen molar-refractivity contribution in [2.45, 2.75) is 19.9 Å². The van der Waals surface area contributed by atoms with Gasteiger partial charge in [0.05, 0.1) is 0 Å². The second kappa shape index (κ2) is 6.35. The highest BCUT2D eigenvalue weighted by Crippen LogP contribution is 2.15. The van der Waals surface area contributed by atoms with E-state index in [-0.39, 0.29) is 6.61 Å². The summed E-state index contributed by atoms with van der Waals surface area (Å²) in [6, 6.07) is 3.83. The lowest BCUT2D eigenvalue weighted by molar-refractivity contribution is 0.343. The van der Waals surface area contributed by atoms with Crippen LogP contribution in [0.4, 0.5) is 8.78 Å². The average molecular weight is 241 g/mol. The molecule has 0 spiro atoms. The molecule has 4 heteroatoms. The molecule has 0 bridgehead atoms. The lowest BCUT2D eigenvalue weighted by Gasteiger charge is -2.11. The molecule has 0 fully saturated rings. The van der Waals surface area contributed by atoms with Gasteiger partial charge in [-0.1, -0.05) is 20.4 Å². The minimum absolute atomic E-state index is 0.283. The van der Waals surface area contributed by atoms with E-state index in [1.54, 1.807) is 0 Å². The standard InChI is InChI=1S/C13H17F2NO/c1-9(2)16-7-10(3)8-17-11-4-5-12(14)13(15)6-11/h4-6,9,16H,3,7-8H2,1-2H3. The molecule has 1 aromatic rings. The third-order valence-corrected chi connectivity index (χ3v) is 2.09. The maximum Gasteiger partial charge on any atom is 0.162 e. The topological polar surface area (TPSA) is 21.3 Å². The molecule has 0 aliphatic carbocycles. The van der Waals surface area contributed by atoms with E-state index in [2.05, 4.69) is 11.9 Å². The molecular formula is C13H17F2NO. The van der Waals surface area contributed by atoms with Crippen LogP contribution >= 0.6 is 0 Å². The molecule has 0 aliphatic heterocycles. The van der Waals surface area contributed by atoms with Crippen molar-refractivity contribution >= 4 is 0 Å². The molecule has 0 saturated heterocycles. The van der Waals surface area contributed by atoms with Gasteiger partial charge in [-0.25, -0.2) is 8.78 Å². The van der Waals surface area contributed by atoms with Gasteiger partial charge in [-0.2, -0.15) is 0 Å². The molecule has 0 aromatic heterocycles. The second-order valence-corrected chi connectivity index (χ2v) is 4.15. The largest absolute Gasteiger partial charge is 0.489 e. The predicted octanol–water partition coefficient (Wildman–Crippen LogP) is 2.90. The molecule has 0 heterocycles. The van der Waals surface area contributed by atoms with Crippen LogP contribution in [0.15, 0.2) is 30.4 Å². The number of hydrogen-bond acceptors (Lipinski definition) is 2. The lowest BCUT2D eigenvalue weighted by atomic mass is 10.3. The van der Waals surface area contributed by atoms with Gasteiger partial charge in [0.2, 0.25) is 0 Å². The second-order valence-electron chi connectivity index (χ2n) is 4.15.